The van der Waals surface area contributed by atoms with E-state index < -0.39 is 53.0 Å². The molecule has 214 valence electrons. The van der Waals surface area contributed by atoms with E-state index in [1.165, 1.54) is 31.9 Å². The molecule has 0 bridgehead atoms. The number of aromatic nitrogens is 2. The Morgan fingerprint density at radius 3 is 2.52 bits per heavy atom. The lowest BCUT2D eigenvalue weighted by atomic mass is 9.85. The summed E-state index contributed by atoms with van der Waals surface area (Å²) in [6.45, 7) is 8.55. The quantitative estimate of drug-likeness (QED) is 0.493. The van der Waals surface area contributed by atoms with Gasteiger partial charge < -0.3 is 20.5 Å². The predicted octanol–water partition coefficient (Wildman–Crippen LogP) is 2.05. The predicted molar refractivity (Wildman–Crippen MR) is 137 cm³/mol. The van der Waals surface area contributed by atoms with Crippen LogP contribution in [0.15, 0.2) is 29.3 Å². The van der Waals surface area contributed by atoms with Crippen molar-refractivity contribution in [2.45, 2.75) is 65.3 Å². The molecule has 2 aromatic heterocycles. The van der Waals surface area contributed by atoms with E-state index >= 15 is 0 Å². The molecular formula is C27H31F3N6O4. The number of pyridine rings is 2. The van der Waals surface area contributed by atoms with E-state index in [-0.39, 0.29) is 35.8 Å². The SMILES string of the molecule is CC(C)(C)[C@H](NC(=O)C(F)(F)F)C(=O)N1C[C@H]2[C@H]([C@H]1C(=O)NC(C#N)Cc1cc3ccncc3[nH]c1=O)C2(C)C. The maximum atomic E-state index is 13.6. The van der Waals surface area contributed by atoms with Crippen molar-refractivity contribution in [1.82, 2.24) is 25.5 Å². The number of carbonyl (C=O) groups is 3. The van der Waals surface area contributed by atoms with Crippen molar-refractivity contribution in [1.29, 1.82) is 5.26 Å². The molecule has 0 aromatic carbocycles. The Bertz CT molecular complexity index is 1460. The lowest BCUT2D eigenvalue weighted by molar-refractivity contribution is -0.176. The number of aromatic amines is 1. The Hall–Kier alpha value is -3.95. The smallest absolute Gasteiger partial charge is 0.338 e. The summed E-state index contributed by atoms with van der Waals surface area (Å²) in [5.74, 6) is -4.06. The van der Waals surface area contributed by atoms with E-state index in [1.54, 1.807) is 18.3 Å². The highest BCUT2D eigenvalue weighted by atomic mass is 19.4. The van der Waals surface area contributed by atoms with Gasteiger partial charge in [0.15, 0.2) is 0 Å². The second-order valence-corrected chi connectivity index (χ2v) is 12.1. The maximum absolute atomic E-state index is 13.6. The first-order valence-corrected chi connectivity index (χ1v) is 12.8. The molecule has 4 rings (SSSR count). The van der Waals surface area contributed by atoms with E-state index in [2.05, 4.69) is 15.3 Å². The third-order valence-electron chi connectivity index (χ3n) is 8.03. The van der Waals surface area contributed by atoms with E-state index in [9.17, 15) is 37.6 Å². The minimum absolute atomic E-state index is 0.0800. The minimum Gasteiger partial charge on any atom is -0.338 e. The van der Waals surface area contributed by atoms with Gasteiger partial charge in [0.25, 0.3) is 5.56 Å². The number of amides is 3. The van der Waals surface area contributed by atoms with Crippen molar-refractivity contribution in [3.63, 3.8) is 0 Å². The largest absolute Gasteiger partial charge is 0.471 e. The number of nitrogens with zero attached hydrogens (tertiary/aromatic N) is 3. The van der Waals surface area contributed by atoms with Crippen LogP contribution in [0.1, 0.15) is 40.2 Å². The van der Waals surface area contributed by atoms with Crippen LogP contribution in [0.3, 0.4) is 0 Å². The molecular weight excluding hydrogens is 529 g/mol. The Kier molecular flexibility index (Phi) is 7.19. The number of alkyl halides is 3. The molecule has 1 saturated heterocycles. The van der Waals surface area contributed by atoms with Crippen LogP contribution in [0, 0.1) is 34.0 Å². The molecule has 40 heavy (non-hydrogen) atoms. The first-order chi connectivity index (χ1) is 18.5. The van der Waals surface area contributed by atoms with Gasteiger partial charge in [-0.3, -0.25) is 24.2 Å². The van der Waals surface area contributed by atoms with Crippen molar-refractivity contribution < 1.29 is 27.6 Å². The van der Waals surface area contributed by atoms with E-state index in [4.69, 9.17) is 0 Å². The zero-order chi connectivity index (χ0) is 29.8. The molecule has 1 aliphatic heterocycles. The van der Waals surface area contributed by atoms with Crippen molar-refractivity contribution >= 4 is 28.6 Å². The van der Waals surface area contributed by atoms with Gasteiger partial charge in [-0.05, 0) is 34.8 Å². The molecule has 1 aliphatic carbocycles. The van der Waals surface area contributed by atoms with Crippen LogP contribution in [0.25, 0.3) is 10.9 Å². The van der Waals surface area contributed by atoms with Crippen molar-refractivity contribution in [3.05, 3.63) is 40.4 Å². The van der Waals surface area contributed by atoms with Crippen molar-refractivity contribution in [3.8, 4) is 6.07 Å². The highest BCUT2D eigenvalue weighted by Crippen LogP contribution is 2.65. The third kappa shape index (κ3) is 5.39. The number of rotatable bonds is 6. The Morgan fingerprint density at radius 2 is 1.93 bits per heavy atom. The van der Waals surface area contributed by atoms with Crippen LogP contribution in [-0.2, 0) is 20.8 Å². The number of nitriles is 1. The fourth-order valence-electron chi connectivity index (χ4n) is 5.69. The van der Waals surface area contributed by atoms with Crippen LogP contribution in [0.5, 0.6) is 0 Å². The molecule has 10 nitrogen and oxygen atoms in total. The number of hydrogen-bond acceptors (Lipinski definition) is 6. The second-order valence-electron chi connectivity index (χ2n) is 12.1. The normalized spacial score (nSPS) is 23.1. The second kappa shape index (κ2) is 9.91. The number of piperidine rings is 1. The minimum atomic E-state index is -5.19. The molecule has 1 saturated carbocycles. The number of hydrogen-bond donors (Lipinski definition) is 3. The van der Waals surface area contributed by atoms with Gasteiger partial charge in [-0.2, -0.15) is 18.4 Å². The molecule has 5 atom stereocenters. The average molecular weight is 561 g/mol. The molecule has 3 amide bonds. The Balaban J connectivity index is 1.57. The molecule has 2 aliphatic rings. The Morgan fingerprint density at radius 1 is 1.25 bits per heavy atom. The summed E-state index contributed by atoms with van der Waals surface area (Å²) in [5, 5.41) is 14.9. The van der Waals surface area contributed by atoms with Crippen LogP contribution in [0.4, 0.5) is 13.2 Å². The van der Waals surface area contributed by atoms with Crippen molar-refractivity contribution in [2.75, 3.05) is 6.54 Å². The molecule has 0 spiro atoms. The van der Waals surface area contributed by atoms with Gasteiger partial charge >= 0.3 is 12.1 Å². The average Bonchev–Trinajstić information content (AvgIpc) is 3.18. The number of likely N-dealkylation sites (tertiary alicyclic amines) is 1. The fourth-order valence-corrected chi connectivity index (χ4v) is 5.69. The zero-order valence-electron chi connectivity index (χ0n) is 22.7. The van der Waals surface area contributed by atoms with Gasteiger partial charge in [-0.25, -0.2) is 0 Å². The monoisotopic (exact) mass is 560 g/mol. The number of carbonyl (C=O) groups excluding carboxylic acids is 3. The third-order valence-corrected chi connectivity index (χ3v) is 8.03. The lowest BCUT2D eigenvalue weighted by Gasteiger charge is -2.37. The Labute approximate surface area is 228 Å². The summed E-state index contributed by atoms with van der Waals surface area (Å²) >= 11 is 0. The number of H-pyrrole nitrogens is 1. The van der Waals surface area contributed by atoms with Crippen LogP contribution in [-0.4, -0.2) is 63.4 Å². The van der Waals surface area contributed by atoms with Gasteiger partial charge in [0.2, 0.25) is 11.8 Å². The first kappa shape index (κ1) is 29.0. The highest BCUT2D eigenvalue weighted by molar-refractivity contribution is 5.95. The molecule has 13 heteroatoms. The highest BCUT2D eigenvalue weighted by Gasteiger charge is 2.70. The van der Waals surface area contributed by atoms with Gasteiger partial charge in [0.05, 0.1) is 17.8 Å². The summed E-state index contributed by atoms with van der Waals surface area (Å²) in [6.07, 6.45) is -2.26. The zero-order valence-corrected chi connectivity index (χ0v) is 22.7. The molecule has 3 N–H and O–H groups in total. The van der Waals surface area contributed by atoms with Gasteiger partial charge in [0.1, 0.15) is 18.1 Å². The molecule has 0 radical (unpaired) electrons. The van der Waals surface area contributed by atoms with E-state index in [1.807, 2.05) is 25.2 Å². The molecule has 2 fully saturated rings. The first-order valence-electron chi connectivity index (χ1n) is 12.8. The van der Waals surface area contributed by atoms with Gasteiger partial charge in [0, 0.05) is 30.1 Å². The van der Waals surface area contributed by atoms with Gasteiger partial charge in [-0.15, -0.1) is 0 Å². The lowest BCUT2D eigenvalue weighted by Crippen LogP contribution is -2.61. The van der Waals surface area contributed by atoms with Crippen LogP contribution >= 0.6 is 0 Å². The van der Waals surface area contributed by atoms with Crippen LogP contribution < -0.4 is 16.2 Å². The summed E-state index contributed by atoms with van der Waals surface area (Å²) in [6, 6.07) is 1.56. The summed E-state index contributed by atoms with van der Waals surface area (Å²) in [5.41, 5.74) is -1.07. The van der Waals surface area contributed by atoms with Gasteiger partial charge in [-0.1, -0.05) is 34.6 Å². The number of fused-ring (bicyclic) bond motifs is 2. The van der Waals surface area contributed by atoms with E-state index in [0.29, 0.717) is 10.9 Å². The summed E-state index contributed by atoms with van der Waals surface area (Å²) in [7, 11) is 0. The molecule has 2 aromatic rings. The van der Waals surface area contributed by atoms with Crippen LogP contribution in [0.2, 0.25) is 0 Å². The maximum Gasteiger partial charge on any atom is 0.471 e. The molecule has 3 heterocycles. The summed E-state index contributed by atoms with van der Waals surface area (Å²) in [4.78, 5) is 59.4. The van der Waals surface area contributed by atoms with Crippen molar-refractivity contribution in [2.24, 2.45) is 22.7 Å². The number of halogens is 3. The molecule has 1 unspecified atom stereocenters. The number of nitrogens with one attached hydrogen (secondary N) is 3. The topological polar surface area (TPSA) is 148 Å². The standard InChI is InChI=1S/C27H31F3N6O4/c1-25(2,3)20(35-24(40)27(28,29)30)23(39)36-12-16-18(26(16,4)5)19(36)22(38)33-15(10-31)9-14-8-13-6-7-32-11-17(13)34-21(14)37/h6-8,11,15-16,18-20H,9,12H2,1-5H3,(H,33,38)(H,34,37)(H,35,40)/t15?,16-,18+,19-,20+/m0/s1. The van der Waals surface area contributed by atoms with E-state index in [0.717, 1.165) is 0 Å². The fraction of sp³-hybridized carbons (Fsp3) is 0.556. The summed E-state index contributed by atoms with van der Waals surface area (Å²) < 4.78 is 39.1.